The van der Waals surface area contributed by atoms with Gasteiger partial charge in [-0.05, 0) is 49.0 Å². The van der Waals surface area contributed by atoms with Crippen LogP contribution in [0.25, 0.3) is 0 Å². The van der Waals surface area contributed by atoms with Crippen LogP contribution in [0.5, 0.6) is 0 Å². The minimum atomic E-state index is 0.257. The highest BCUT2D eigenvalue weighted by molar-refractivity contribution is 7.99. The Morgan fingerprint density at radius 2 is 2.05 bits per heavy atom. The van der Waals surface area contributed by atoms with E-state index in [9.17, 15) is 4.79 Å². The molecule has 0 aromatic heterocycles. The smallest absolute Gasteiger partial charge is 0.225 e. The van der Waals surface area contributed by atoms with E-state index >= 15 is 0 Å². The Morgan fingerprint density at radius 1 is 1.33 bits per heavy atom. The summed E-state index contributed by atoms with van der Waals surface area (Å²) in [5.74, 6) is 3.01. The summed E-state index contributed by atoms with van der Waals surface area (Å²) < 4.78 is 11.1. The van der Waals surface area contributed by atoms with Crippen LogP contribution in [0, 0.1) is 11.3 Å². The molecule has 3 rings (SSSR count). The molecule has 1 amide bonds. The molecule has 0 bridgehead atoms. The summed E-state index contributed by atoms with van der Waals surface area (Å²) in [6.07, 6.45) is 5.70. The number of hydrogen-bond donors (Lipinski definition) is 0. The van der Waals surface area contributed by atoms with Gasteiger partial charge in [-0.2, -0.15) is 11.8 Å². The van der Waals surface area contributed by atoms with Crippen molar-refractivity contribution in [3.63, 3.8) is 0 Å². The van der Waals surface area contributed by atoms with Gasteiger partial charge in [0.2, 0.25) is 5.91 Å². The lowest BCUT2D eigenvalue weighted by molar-refractivity contribution is -0.138. The van der Waals surface area contributed by atoms with Crippen molar-refractivity contribution >= 4 is 17.7 Å². The molecule has 0 aromatic carbocycles. The van der Waals surface area contributed by atoms with E-state index in [4.69, 9.17) is 9.47 Å². The van der Waals surface area contributed by atoms with Gasteiger partial charge in [0.1, 0.15) is 0 Å². The van der Waals surface area contributed by atoms with Crippen molar-refractivity contribution in [1.29, 1.82) is 0 Å². The molecule has 5 heteroatoms. The Hall–Kier alpha value is -0.260. The maximum absolute atomic E-state index is 12.6. The molecule has 3 aliphatic rings. The predicted octanol–water partition coefficient (Wildman–Crippen LogP) is 2.17. The van der Waals surface area contributed by atoms with Crippen LogP contribution in [-0.4, -0.2) is 61.8 Å². The standard InChI is InChI=1S/C16H27NO3S/c1-19-11-14-10-16(12-20-14)4-6-17(7-5-16)15(18)13-2-8-21-9-3-13/h13-14H,2-12H2,1H3/t14-/m0/s1. The van der Waals surface area contributed by atoms with E-state index in [2.05, 4.69) is 4.90 Å². The van der Waals surface area contributed by atoms with Gasteiger partial charge in [0, 0.05) is 26.1 Å². The van der Waals surface area contributed by atoms with E-state index in [1.165, 1.54) is 0 Å². The molecule has 3 heterocycles. The minimum Gasteiger partial charge on any atom is -0.382 e. The molecule has 21 heavy (non-hydrogen) atoms. The first-order valence-corrected chi connectivity index (χ1v) is 9.35. The van der Waals surface area contributed by atoms with E-state index in [1.54, 1.807) is 7.11 Å². The zero-order valence-electron chi connectivity index (χ0n) is 13.0. The number of hydrogen-bond acceptors (Lipinski definition) is 4. The number of likely N-dealkylation sites (tertiary alicyclic amines) is 1. The molecule has 120 valence electrons. The molecule has 1 atom stereocenters. The number of carbonyl (C=O) groups is 1. The number of carbonyl (C=O) groups excluding carboxylic acids is 1. The van der Waals surface area contributed by atoms with Crippen molar-refractivity contribution in [2.24, 2.45) is 11.3 Å². The van der Waals surface area contributed by atoms with Gasteiger partial charge in [-0.1, -0.05) is 0 Å². The minimum absolute atomic E-state index is 0.257. The van der Waals surface area contributed by atoms with Crippen LogP contribution >= 0.6 is 11.8 Å². The topological polar surface area (TPSA) is 38.8 Å². The van der Waals surface area contributed by atoms with Crippen LogP contribution in [0.15, 0.2) is 0 Å². The quantitative estimate of drug-likeness (QED) is 0.800. The molecule has 0 saturated carbocycles. The van der Waals surface area contributed by atoms with Crippen LogP contribution < -0.4 is 0 Å². The highest BCUT2D eigenvalue weighted by Gasteiger charge is 2.43. The third-order valence-electron chi connectivity index (χ3n) is 5.34. The van der Waals surface area contributed by atoms with Crippen molar-refractivity contribution in [3.05, 3.63) is 0 Å². The Bertz CT molecular complexity index is 363. The fraction of sp³-hybridized carbons (Fsp3) is 0.938. The average molecular weight is 313 g/mol. The van der Waals surface area contributed by atoms with Crippen LogP contribution in [0.2, 0.25) is 0 Å². The van der Waals surface area contributed by atoms with E-state index in [0.29, 0.717) is 23.8 Å². The lowest BCUT2D eigenvalue weighted by atomic mass is 9.76. The first-order valence-electron chi connectivity index (χ1n) is 8.19. The fourth-order valence-corrected chi connectivity index (χ4v) is 5.05. The zero-order valence-corrected chi connectivity index (χ0v) is 13.8. The Kier molecular flexibility index (Phi) is 5.12. The predicted molar refractivity (Wildman–Crippen MR) is 84.5 cm³/mol. The van der Waals surface area contributed by atoms with Gasteiger partial charge >= 0.3 is 0 Å². The summed E-state index contributed by atoms with van der Waals surface area (Å²) in [6, 6.07) is 0. The average Bonchev–Trinajstić information content (AvgIpc) is 2.91. The second-order valence-electron chi connectivity index (χ2n) is 6.80. The summed E-state index contributed by atoms with van der Waals surface area (Å²) in [4.78, 5) is 14.7. The normalized spacial score (nSPS) is 30.0. The third kappa shape index (κ3) is 3.57. The summed E-state index contributed by atoms with van der Waals surface area (Å²) in [7, 11) is 1.73. The molecule has 0 radical (unpaired) electrons. The third-order valence-corrected chi connectivity index (χ3v) is 6.39. The lowest BCUT2D eigenvalue weighted by Crippen LogP contribution is -2.46. The molecular formula is C16H27NO3S. The molecule has 0 N–H and O–H groups in total. The van der Waals surface area contributed by atoms with Crippen molar-refractivity contribution in [3.8, 4) is 0 Å². The van der Waals surface area contributed by atoms with Crippen LogP contribution in [-0.2, 0) is 14.3 Å². The monoisotopic (exact) mass is 313 g/mol. The molecule has 4 nitrogen and oxygen atoms in total. The van der Waals surface area contributed by atoms with Gasteiger partial charge in [-0.3, -0.25) is 4.79 Å². The van der Waals surface area contributed by atoms with Gasteiger partial charge in [-0.25, -0.2) is 0 Å². The van der Waals surface area contributed by atoms with Gasteiger partial charge in [0.25, 0.3) is 0 Å². The summed E-state index contributed by atoms with van der Waals surface area (Å²) >= 11 is 1.98. The van der Waals surface area contributed by atoms with E-state index < -0.39 is 0 Å². The maximum Gasteiger partial charge on any atom is 0.225 e. The van der Waals surface area contributed by atoms with Crippen molar-refractivity contribution in [2.75, 3.05) is 44.9 Å². The zero-order chi connectivity index (χ0) is 14.7. The summed E-state index contributed by atoms with van der Waals surface area (Å²) in [5.41, 5.74) is 0.308. The lowest BCUT2D eigenvalue weighted by Gasteiger charge is -2.40. The Labute approximate surface area is 131 Å². The maximum atomic E-state index is 12.6. The molecule has 0 aromatic rings. The van der Waals surface area contributed by atoms with E-state index in [1.807, 2.05) is 11.8 Å². The van der Waals surface area contributed by atoms with Gasteiger partial charge in [-0.15, -0.1) is 0 Å². The number of thioether (sulfide) groups is 1. The molecule has 0 unspecified atom stereocenters. The van der Waals surface area contributed by atoms with Gasteiger partial charge in [0.15, 0.2) is 0 Å². The fourth-order valence-electron chi connectivity index (χ4n) is 3.94. The molecule has 3 fully saturated rings. The van der Waals surface area contributed by atoms with E-state index in [-0.39, 0.29) is 6.10 Å². The summed E-state index contributed by atoms with van der Waals surface area (Å²) in [6.45, 7) is 3.39. The van der Waals surface area contributed by atoms with Crippen LogP contribution in [0.3, 0.4) is 0 Å². The summed E-state index contributed by atoms with van der Waals surface area (Å²) in [5, 5.41) is 0. The highest BCUT2D eigenvalue weighted by atomic mass is 32.2. The van der Waals surface area contributed by atoms with Gasteiger partial charge < -0.3 is 14.4 Å². The highest BCUT2D eigenvalue weighted by Crippen LogP contribution is 2.42. The number of amides is 1. The number of nitrogens with zero attached hydrogens (tertiary/aromatic N) is 1. The van der Waals surface area contributed by atoms with Crippen molar-refractivity contribution < 1.29 is 14.3 Å². The number of piperidine rings is 1. The molecule has 3 aliphatic heterocycles. The molecular weight excluding hydrogens is 286 g/mol. The second-order valence-corrected chi connectivity index (χ2v) is 8.03. The SMILES string of the molecule is COC[C@@H]1CC2(CCN(C(=O)C3CCSCC3)CC2)CO1. The number of rotatable bonds is 3. The number of ether oxygens (including phenoxy) is 2. The first-order chi connectivity index (χ1) is 10.2. The molecule has 3 saturated heterocycles. The van der Waals surface area contributed by atoms with E-state index in [0.717, 1.165) is 63.3 Å². The molecule has 1 spiro atoms. The van der Waals surface area contributed by atoms with Gasteiger partial charge in [0.05, 0.1) is 19.3 Å². The largest absolute Gasteiger partial charge is 0.382 e. The number of methoxy groups -OCH3 is 1. The van der Waals surface area contributed by atoms with Crippen LogP contribution in [0.4, 0.5) is 0 Å². The van der Waals surface area contributed by atoms with Crippen LogP contribution in [0.1, 0.15) is 32.1 Å². The van der Waals surface area contributed by atoms with Crippen molar-refractivity contribution in [2.45, 2.75) is 38.2 Å². The van der Waals surface area contributed by atoms with Crippen molar-refractivity contribution in [1.82, 2.24) is 4.90 Å². The Balaban J connectivity index is 1.49. The second kappa shape index (κ2) is 6.88. The molecule has 0 aliphatic carbocycles. The Morgan fingerprint density at radius 3 is 2.71 bits per heavy atom. The first kappa shape index (κ1) is 15.6.